The number of allylic oxidation sites excluding steroid dienone is 3. The number of ether oxygens (including phenoxy) is 1. The molecule has 11 heavy (non-hydrogen) atoms. The maximum absolute atomic E-state index is 11.6. The molecule has 0 aliphatic rings. The van der Waals surface area contributed by atoms with Crippen molar-refractivity contribution in [3.63, 3.8) is 0 Å². The van der Waals surface area contributed by atoms with Crippen LogP contribution in [0.1, 0.15) is 0 Å². The summed E-state index contributed by atoms with van der Waals surface area (Å²) in [6.07, 6.45) is 2.53. The van der Waals surface area contributed by atoms with Crippen LogP contribution < -0.4 is 0 Å². The first-order valence-electron chi connectivity index (χ1n) is 2.71. The van der Waals surface area contributed by atoms with Gasteiger partial charge >= 0.3 is 6.61 Å². The lowest BCUT2D eigenvalue weighted by Crippen LogP contribution is -1.97. The lowest BCUT2D eigenvalue weighted by atomic mass is 10.4. The van der Waals surface area contributed by atoms with E-state index < -0.39 is 6.61 Å². The molecule has 0 aromatic heterocycles. The number of alkyl halides is 2. The van der Waals surface area contributed by atoms with Crippen LogP contribution in [-0.4, -0.2) is 6.61 Å². The summed E-state index contributed by atoms with van der Waals surface area (Å²) in [7, 11) is 0. The van der Waals surface area contributed by atoms with Gasteiger partial charge in [0.2, 0.25) is 0 Å². The molecular formula is C7H7BrF2O. The van der Waals surface area contributed by atoms with Crippen molar-refractivity contribution in [2.24, 2.45) is 0 Å². The quantitative estimate of drug-likeness (QED) is 0.527. The largest absolute Gasteiger partial charge is 0.434 e. The van der Waals surface area contributed by atoms with Gasteiger partial charge < -0.3 is 4.74 Å². The Hall–Kier alpha value is -0.640. The van der Waals surface area contributed by atoms with Crippen LogP contribution in [0.2, 0.25) is 0 Å². The van der Waals surface area contributed by atoms with E-state index in [4.69, 9.17) is 0 Å². The summed E-state index contributed by atoms with van der Waals surface area (Å²) in [4.78, 5) is 0. The first kappa shape index (κ1) is 10.4. The Balaban J connectivity index is 4.38. The van der Waals surface area contributed by atoms with Gasteiger partial charge in [0.25, 0.3) is 0 Å². The highest BCUT2D eigenvalue weighted by molar-refractivity contribution is 9.11. The number of halogens is 3. The molecule has 0 radical (unpaired) electrons. The van der Waals surface area contributed by atoms with Crippen LogP contribution in [-0.2, 0) is 4.74 Å². The molecule has 1 nitrogen and oxygen atoms in total. The van der Waals surface area contributed by atoms with E-state index in [0.29, 0.717) is 4.48 Å². The van der Waals surface area contributed by atoms with Crippen molar-refractivity contribution in [3.05, 3.63) is 35.6 Å². The predicted molar refractivity (Wildman–Crippen MR) is 43.4 cm³/mol. The van der Waals surface area contributed by atoms with Crippen LogP contribution in [0.25, 0.3) is 0 Å². The molecule has 0 saturated heterocycles. The second-order valence-corrected chi connectivity index (χ2v) is 2.35. The highest BCUT2D eigenvalue weighted by Crippen LogP contribution is 2.17. The molecular weight excluding hydrogens is 218 g/mol. The molecule has 0 saturated carbocycles. The Morgan fingerprint density at radius 1 is 1.36 bits per heavy atom. The van der Waals surface area contributed by atoms with E-state index in [1.54, 1.807) is 0 Å². The van der Waals surface area contributed by atoms with Crippen LogP contribution in [0.4, 0.5) is 8.78 Å². The van der Waals surface area contributed by atoms with Gasteiger partial charge in [0.1, 0.15) is 5.76 Å². The summed E-state index contributed by atoms with van der Waals surface area (Å²) < 4.78 is 27.6. The third-order valence-electron chi connectivity index (χ3n) is 0.816. The summed E-state index contributed by atoms with van der Waals surface area (Å²) in [5.74, 6) is -0.0185. The Kier molecular flexibility index (Phi) is 4.77. The molecule has 0 fully saturated rings. The fraction of sp³-hybridized carbons (Fsp3) is 0.143. The maximum atomic E-state index is 11.6. The molecule has 0 atom stereocenters. The second-order valence-electron chi connectivity index (χ2n) is 1.50. The standard InChI is InChI=1S/C7H7BrF2O/c1-3-5(8)6(4-2)11-7(9)10/h3-4,7H,1-2H2/b6-5-. The van der Waals surface area contributed by atoms with E-state index in [0.717, 1.165) is 0 Å². The van der Waals surface area contributed by atoms with Crippen molar-refractivity contribution >= 4 is 15.9 Å². The van der Waals surface area contributed by atoms with Gasteiger partial charge in [-0.1, -0.05) is 19.2 Å². The maximum Gasteiger partial charge on any atom is 0.387 e. The fourth-order valence-electron chi connectivity index (χ4n) is 0.398. The second kappa shape index (κ2) is 5.07. The molecule has 0 rings (SSSR count). The van der Waals surface area contributed by atoms with E-state index in [1.165, 1.54) is 12.2 Å². The minimum absolute atomic E-state index is 0.0185. The van der Waals surface area contributed by atoms with Crippen LogP contribution in [0, 0.1) is 0 Å². The van der Waals surface area contributed by atoms with Crippen molar-refractivity contribution in [2.75, 3.05) is 0 Å². The average molecular weight is 225 g/mol. The molecule has 0 spiro atoms. The van der Waals surface area contributed by atoms with E-state index in [9.17, 15) is 8.78 Å². The van der Waals surface area contributed by atoms with E-state index >= 15 is 0 Å². The fourth-order valence-corrected chi connectivity index (χ4v) is 0.654. The van der Waals surface area contributed by atoms with Crippen molar-refractivity contribution in [2.45, 2.75) is 6.61 Å². The van der Waals surface area contributed by atoms with Gasteiger partial charge in [-0.15, -0.1) is 0 Å². The number of hydrogen-bond donors (Lipinski definition) is 0. The first-order chi connectivity index (χ1) is 5.11. The molecule has 4 heteroatoms. The summed E-state index contributed by atoms with van der Waals surface area (Å²) in [6.45, 7) is 3.81. The van der Waals surface area contributed by atoms with Crippen molar-refractivity contribution < 1.29 is 13.5 Å². The molecule has 0 amide bonds. The zero-order valence-corrected chi connectivity index (χ0v) is 7.27. The van der Waals surface area contributed by atoms with Gasteiger partial charge in [0.05, 0.1) is 4.48 Å². The summed E-state index contributed by atoms with van der Waals surface area (Å²) in [5.41, 5.74) is 0. The van der Waals surface area contributed by atoms with Gasteiger partial charge in [0.15, 0.2) is 0 Å². The number of rotatable bonds is 4. The summed E-state index contributed by atoms with van der Waals surface area (Å²) in [5, 5.41) is 0. The van der Waals surface area contributed by atoms with Crippen LogP contribution in [0.3, 0.4) is 0 Å². The Bertz CT molecular complexity index is 187. The molecule has 0 aliphatic carbocycles. The minimum atomic E-state index is -2.84. The van der Waals surface area contributed by atoms with E-state index in [2.05, 4.69) is 33.8 Å². The highest BCUT2D eigenvalue weighted by atomic mass is 79.9. The molecule has 0 bridgehead atoms. The molecule has 0 unspecified atom stereocenters. The van der Waals surface area contributed by atoms with Gasteiger partial charge in [-0.05, 0) is 22.0 Å². The molecule has 0 aromatic carbocycles. The molecule has 0 aliphatic heterocycles. The molecule has 0 heterocycles. The Morgan fingerprint density at radius 2 is 1.91 bits per heavy atom. The highest BCUT2D eigenvalue weighted by Gasteiger charge is 2.06. The monoisotopic (exact) mass is 224 g/mol. The van der Waals surface area contributed by atoms with Gasteiger partial charge in [-0.2, -0.15) is 8.78 Å². The lowest BCUT2D eigenvalue weighted by Gasteiger charge is -2.05. The predicted octanol–water partition coefficient (Wildman–Crippen LogP) is 3.20. The van der Waals surface area contributed by atoms with Crippen molar-refractivity contribution in [3.8, 4) is 0 Å². The Labute approximate surface area is 72.2 Å². The van der Waals surface area contributed by atoms with E-state index in [-0.39, 0.29) is 5.76 Å². The summed E-state index contributed by atoms with van der Waals surface area (Å²) in [6, 6.07) is 0. The zero-order valence-electron chi connectivity index (χ0n) is 5.69. The van der Waals surface area contributed by atoms with E-state index in [1.807, 2.05) is 0 Å². The topological polar surface area (TPSA) is 9.23 Å². The SMILES string of the molecule is C=C/C(Br)=C(\C=C)OC(F)F. The number of hydrogen-bond acceptors (Lipinski definition) is 1. The van der Waals surface area contributed by atoms with Gasteiger partial charge in [0, 0.05) is 0 Å². The smallest absolute Gasteiger partial charge is 0.387 e. The normalized spacial score (nSPS) is 12.4. The molecule has 62 valence electrons. The van der Waals surface area contributed by atoms with Gasteiger partial charge in [-0.25, -0.2) is 0 Å². The van der Waals surface area contributed by atoms with Crippen molar-refractivity contribution in [1.82, 2.24) is 0 Å². The van der Waals surface area contributed by atoms with Crippen molar-refractivity contribution in [1.29, 1.82) is 0 Å². The van der Waals surface area contributed by atoms with Crippen LogP contribution in [0.5, 0.6) is 0 Å². The third kappa shape index (κ3) is 3.93. The minimum Gasteiger partial charge on any atom is -0.434 e. The van der Waals surface area contributed by atoms with Crippen LogP contribution in [0.15, 0.2) is 35.6 Å². The third-order valence-corrected chi connectivity index (χ3v) is 1.53. The van der Waals surface area contributed by atoms with Crippen LogP contribution >= 0.6 is 15.9 Å². The molecule has 0 N–H and O–H groups in total. The lowest BCUT2D eigenvalue weighted by molar-refractivity contribution is -0.0921. The summed E-state index contributed by atoms with van der Waals surface area (Å²) >= 11 is 2.96. The molecule has 0 aromatic rings. The van der Waals surface area contributed by atoms with Gasteiger partial charge in [-0.3, -0.25) is 0 Å². The Morgan fingerprint density at radius 3 is 2.18 bits per heavy atom. The average Bonchev–Trinajstić information content (AvgIpc) is 1.98. The first-order valence-corrected chi connectivity index (χ1v) is 3.50. The zero-order chi connectivity index (χ0) is 8.85.